The van der Waals surface area contributed by atoms with E-state index in [1.807, 2.05) is 70.2 Å². The smallest absolute Gasteiger partial charge is 0.282 e. The fraction of sp³-hybridized carbons (Fsp3) is 0.250. The Labute approximate surface area is 255 Å². The zero-order valence-corrected chi connectivity index (χ0v) is 27.5. The van der Waals surface area contributed by atoms with Gasteiger partial charge in [0.2, 0.25) is 0 Å². The van der Waals surface area contributed by atoms with Crippen molar-refractivity contribution in [3.63, 3.8) is 0 Å². The number of hydrogen-bond acceptors (Lipinski definition) is 5. The predicted molar refractivity (Wildman–Crippen MR) is 167 cm³/mol. The largest absolute Gasteiger partial charge is 0.490 e. The second kappa shape index (κ2) is 12.0. The summed E-state index contributed by atoms with van der Waals surface area (Å²) in [5, 5.41) is 5.07. The highest BCUT2D eigenvalue weighted by Crippen LogP contribution is 2.38. The van der Waals surface area contributed by atoms with Crippen LogP contribution >= 0.6 is 63.7 Å². The average molecular weight is 771 g/mol. The molecule has 0 aliphatic heterocycles. The van der Waals surface area contributed by atoms with Gasteiger partial charge in [0, 0.05) is 24.4 Å². The van der Waals surface area contributed by atoms with E-state index in [0.717, 1.165) is 24.5 Å². The third kappa shape index (κ3) is 6.58. The van der Waals surface area contributed by atoms with E-state index in [0.29, 0.717) is 45.9 Å². The van der Waals surface area contributed by atoms with E-state index in [2.05, 4.69) is 68.8 Å². The number of rotatable bonds is 7. The molecule has 0 aliphatic rings. The zero-order valence-electron chi connectivity index (χ0n) is 21.2. The predicted octanol–water partition coefficient (Wildman–Crippen LogP) is 8.60. The number of nitrogens with zero attached hydrogens (tertiary/aromatic N) is 3. The van der Waals surface area contributed by atoms with E-state index >= 15 is 0 Å². The summed E-state index contributed by atoms with van der Waals surface area (Å²) in [4.78, 5) is 18.2. The molecule has 0 bridgehead atoms. The minimum atomic E-state index is -0.409. The van der Waals surface area contributed by atoms with Gasteiger partial charge in [-0.1, -0.05) is 74.6 Å². The maximum absolute atomic E-state index is 13.5. The number of fused-ring (bicyclic) bond motifs is 1. The van der Waals surface area contributed by atoms with Gasteiger partial charge in [0.1, 0.15) is 12.4 Å². The van der Waals surface area contributed by atoms with Gasteiger partial charge in [-0.15, -0.1) is 0 Å². The highest BCUT2D eigenvalue weighted by molar-refractivity contribution is 9.11. The third-order valence-corrected chi connectivity index (χ3v) is 7.83. The monoisotopic (exact) mass is 767 g/mol. The number of hydrogen-bond donors (Lipinski definition) is 0. The Hall–Kier alpha value is -2.01. The van der Waals surface area contributed by atoms with Gasteiger partial charge >= 0.3 is 0 Å². The molecule has 0 saturated heterocycles. The van der Waals surface area contributed by atoms with Gasteiger partial charge in [0.25, 0.3) is 5.56 Å². The van der Waals surface area contributed by atoms with E-state index in [1.54, 1.807) is 12.3 Å². The van der Waals surface area contributed by atoms with Gasteiger partial charge in [0.15, 0.2) is 11.5 Å². The normalized spacial score (nSPS) is 11.9. The Morgan fingerprint density at radius 2 is 1.66 bits per heavy atom. The molecule has 0 spiro atoms. The molecule has 0 N–H and O–H groups in total. The summed E-state index contributed by atoms with van der Waals surface area (Å²) in [6, 6.07) is 15.1. The molecule has 0 saturated carbocycles. The van der Waals surface area contributed by atoms with Crippen LogP contribution in [0.25, 0.3) is 10.9 Å². The lowest BCUT2D eigenvalue weighted by molar-refractivity contribution is 0.267. The summed E-state index contributed by atoms with van der Waals surface area (Å²) in [5.74, 6) is 1.72. The molecular formula is C28H25Br4N3O3. The van der Waals surface area contributed by atoms with E-state index in [9.17, 15) is 4.79 Å². The van der Waals surface area contributed by atoms with E-state index < -0.39 is 5.41 Å². The molecule has 1 heterocycles. The first-order valence-corrected chi connectivity index (χ1v) is 15.0. The molecule has 3 aromatic carbocycles. The van der Waals surface area contributed by atoms with Gasteiger partial charge in [-0.05, 0) is 70.9 Å². The lowest BCUT2D eigenvalue weighted by atomic mass is 9.95. The Balaban J connectivity index is 1.73. The van der Waals surface area contributed by atoms with Crippen LogP contribution in [0.4, 0.5) is 0 Å². The van der Waals surface area contributed by atoms with Crippen LogP contribution in [0.5, 0.6) is 11.5 Å². The first-order valence-electron chi connectivity index (χ1n) is 11.8. The lowest BCUT2D eigenvalue weighted by Gasteiger charge is -2.21. The second-order valence-electron chi connectivity index (χ2n) is 9.50. The van der Waals surface area contributed by atoms with Crippen molar-refractivity contribution in [3.8, 4) is 11.5 Å². The molecule has 1 aromatic heterocycles. The standard InChI is InChI=1S/C28H25Br4N3O3/c1-5-37-24-11-16(10-22(32)25(24)38-15-17-6-7-19(30)13-21(17)31)14-33-35-26(36)20-12-18(29)8-9-23(20)34-27(35)28(2,3)4/h6-14H,5,15H2,1-4H3. The van der Waals surface area contributed by atoms with Crippen molar-refractivity contribution in [1.82, 2.24) is 9.66 Å². The minimum absolute atomic E-state index is 0.235. The Kier molecular flexibility index (Phi) is 9.17. The SMILES string of the molecule is CCOc1cc(C=Nn2c(C(C)(C)C)nc3ccc(Br)cc3c2=O)cc(Br)c1OCc1ccc(Br)cc1Br. The Morgan fingerprint density at radius 1 is 0.947 bits per heavy atom. The molecule has 10 heteroatoms. The average Bonchev–Trinajstić information content (AvgIpc) is 2.84. The molecule has 0 aliphatic carbocycles. The molecule has 0 fully saturated rings. The van der Waals surface area contributed by atoms with Gasteiger partial charge < -0.3 is 9.47 Å². The Bertz CT molecular complexity index is 1590. The molecule has 0 radical (unpaired) electrons. The van der Waals surface area contributed by atoms with Crippen molar-refractivity contribution >= 4 is 80.8 Å². The minimum Gasteiger partial charge on any atom is -0.490 e. The van der Waals surface area contributed by atoms with Crippen molar-refractivity contribution < 1.29 is 9.47 Å². The molecule has 0 amide bonds. The van der Waals surface area contributed by atoms with Gasteiger partial charge in [-0.2, -0.15) is 9.78 Å². The van der Waals surface area contributed by atoms with Crippen molar-refractivity contribution in [1.29, 1.82) is 0 Å². The van der Waals surface area contributed by atoms with E-state index in [1.165, 1.54) is 4.68 Å². The van der Waals surface area contributed by atoms with Crippen LogP contribution in [0.3, 0.4) is 0 Å². The summed E-state index contributed by atoms with van der Waals surface area (Å²) >= 11 is 14.1. The van der Waals surface area contributed by atoms with Crippen molar-refractivity contribution in [2.24, 2.45) is 5.10 Å². The molecular weight excluding hydrogens is 746 g/mol. The lowest BCUT2D eigenvalue weighted by Crippen LogP contribution is -2.29. The molecule has 4 aromatic rings. The number of aromatic nitrogens is 2. The third-order valence-electron chi connectivity index (χ3n) is 5.52. The summed E-state index contributed by atoms with van der Waals surface area (Å²) in [6.45, 7) is 8.74. The van der Waals surface area contributed by atoms with Crippen LogP contribution in [-0.4, -0.2) is 22.5 Å². The van der Waals surface area contributed by atoms with Crippen LogP contribution in [0.15, 0.2) is 76.3 Å². The van der Waals surface area contributed by atoms with Crippen LogP contribution in [0.2, 0.25) is 0 Å². The van der Waals surface area contributed by atoms with Gasteiger partial charge in [-0.25, -0.2) is 4.98 Å². The van der Waals surface area contributed by atoms with E-state index in [4.69, 9.17) is 14.5 Å². The topological polar surface area (TPSA) is 65.7 Å². The molecule has 198 valence electrons. The summed E-state index contributed by atoms with van der Waals surface area (Å²) in [7, 11) is 0. The fourth-order valence-electron chi connectivity index (χ4n) is 3.72. The molecule has 6 nitrogen and oxygen atoms in total. The zero-order chi connectivity index (χ0) is 27.6. The Morgan fingerprint density at radius 3 is 2.34 bits per heavy atom. The summed E-state index contributed by atoms with van der Waals surface area (Å²) in [6.07, 6.45) is 1.63. The summed E-state index contributed by atoms with van der Waals surface area (Å²) in [5.41, 5.74) is 1.72. The quantitative estimate of drug-likeness (QED) is 0.177. The van der Waals surface area contributed by atoms with Crippen LogP contribution < -0.4 is 15.0 Å². The van der Waals surface area contributed by atoms with Gasteiger partial charge in [0.05, 0.1) is 28.2 Å². The highest BCUT2D eigenvalue weighted by atomic mass is 79.9. The first-order chi connectivity index (χ1) is 18.0. The van der Waals surface area contributed by atoms with Gasteiger partial charge in [-0.3, -0.25) is 4.79 Å². The van der Waals surface area contributed by atoms with Crippen LogP contribution in [0.1, 0.15) is 44.6 Å². The first kappa shape index (κ1) is 29.0. The molecule has 4 rings (SSSR count). The van der Waals surface area contributed by atoms with Crippen molar-refractivity contribution in [2.75, 3.05) is 6.61 Å². The number of halogens is 4. The van der Waals surface area contributed by atoms with Crippen molar-refractivity contribution in [3.05, 3.63) is 93.7 Å². The van der Waals surface area contributed by atoms with E-state index in [-0.39, 0.29) is 5.56 Å². The molecule has 0 unspecified atom stereocenters. The number of benzene rings is 3. The number of ether oxygens (including phenoxy) is 2. The molecule has 38 heavy (non-hydrogen) atoms. The maximum atomic E-state index is 13.5. The fourth-order valence-corrected chi connectivity index (χ4v) is 5.82. The summed E-state index contributed by atoms with van der Waals surface area (Å²) < 4.78 is 16.9. The second-order valence-corrected chi connectivity index (χ2v) is 13.0. The maximum Gasteiger partial charge on any atom is 0.282 e. The van der Waals surface area contributed by atoms with Crippen LogP contribution in [0, 0.1) is 0 Å². The van der Waals surface area contributed by atoms with Crippen molar-refractivity contribution in [2.45, 2.75) is 39.7 Å². The van der Waals surface area contributed by atoms with Crippen LogP contribution in [-0.2, 0) is 12.0 Å². The highest BCUT2D eigenvalue weighted by Gasteiger charge is 2.23. The molecule has 0 atom stereocenters.